The smallest absolute Gasteiger partial charge is 0.459 e. The summed E-state index contributed by atoms with van der Waals surface area (Å²) in [6.07, 6.45) is 3.18. The second-order valence-electron chi connectivity index (χ2n) is 8.21. The van der Waals surface area contributed by atoms with Crippen molar-refractivity contribution in [2.45, 2.75) is 38.8 Å². The quantitative estimate of drug-likeness (QED) is 0.292. The van der Waals surface area contributed by atoms with Crippen molar-refractivity contribution in [1.82, 2.24) is 24.6 Å². The molecule has 2 aromatic heterocycles. The van der Waals surface area contributed by atoms with Crippen LogP contribution in [0.2, 0.25) is 0 Å². The number of imidazole rings is 1. The molecular weight excluding hydrogens is 475 g/mol. The Morgan fingerprint density at radius 3 is 2.71 bits per heavy atom. The third-order valence-electron chi connectivity index (χ3n) is 5.65. The van der Waals surface area contributed by atoms with E-state index < -0.39 is 19.8 Å². The second-order valence-corrected chi connectivity index (χ2v) is 9.90. The van der Waals surface area contributed by atoms with E-state index in [1.54, 1.807) is 44.4 Å². The van der Waals surface area contributed by atoms with Gasteiger partial charge in [0.25, 0.3) is 0 Å². The molecule has 0 aliphatic heterocycles. The van der Waals surface area contributed by atoms with Crippen LogP contribution in [0.25, 0.3) is 11.2 Å². The van der Waals surface area contributed by atoms with E-state index in [0.717, 1.165) is 12.8 Å². The molecule has 0 amide bonds. The normalized spacial score (nSPS) is 20.0. The monoisotopic (exact) mass is 504 g/mol. The summed E-state index contributed by atoms with van der Waals surface area (Å²) < 4.78 is 37.1. The van der Waals surface area contributed by atoms with E-state index >= 15 is 0 Å². The van der Waals surface area contributed by atoms with E-state index in [0.29, 0.717) is 22.8 Å². The summed E-state index contributed by atoms with van der Waals surface area (Å²) in [4.78, 5) is 24.8. The van der Waals surface area contributed by atoms with Crippen LogP contribution in [0.4, 0.5) is 5.95 Å². The molecule has 1 saturated carbocycles. The summed E-state index contributed by atoms with van der Waals surface area (Å²) in [6.45, 7) is 3.64. The molecule has 1 fully saturated rings. The van der Waals surface area contributed by atoms with Gasteiger partial charge < -0.3 is 24.3 Å². The number of fused-ring (bicyclic) bond motifs is 1. The molecule has 3 N–H and O–H groups in total. The lowest BCUT2D eigenvalue weighted by Crippen LogP contribution is -2.36. The lowest BCUT2D eigenvalue weighted by Gasteiger charge is -2.36. The molecule has 3 aromatic rings. The number of nitrogens with one attached hydrogen (secondary N) is 1. The number of anilines is 1. The molecule has 35 heavy (non-hydrogen) atoms. The van der Waals surface area contributed by atoms with Crippen LogP contribution in [-0.4, -0.2) is 51.9 Å². The highest BCUT2D eigenvalue weighted by atomic mass is 31.2. The summed E-state index contributed by atoms with van der Waals surface area (Å²) in [5, 5.41) is 2.69. The van der Waals surface area contributed by atoms with E-state index in [4.69, 9.17) is 24.3 Å². The lowest BCUT2D eigenvalue weighted by atomic mass is 9.81. The molecule has 188 valence electrons. The van der Waals surface area contributed by atoms with E-state index in [2.05, 4.69) is 20.0 Å². The van der Waals surface area contributed by atoms with Crippen LogP contribution in [0.15, 0.2) is 36.7 Å². The van der Waals surface area contributed by atoms with Crippen LogP contribution < -0.4 is 20.1 Å². The minimum absolute atomic E-state index is 0.107. The predicted molar refractivity (Wildman–Crippen MR) is 128 cm³/mol. The first-order valence-electron chi connectivity index (χ1n) is 11.3. The Hall–Kier alpha value is -3.21. The topological polar surface area (TPSA) is 153 Å². The summed E-state index contributed by atoms with van der Waals surface area (Å²) >= 11 is 0. The average Bonchev–Trinajstić information content (AvgIpc) is 3.21. The number of ether oxygens (including phenoxy) is 2. The number of para-hydroxylation sites is 1. The standard InChI is InChI=1S/C22H29N6O6P/c1-4-32-21(29)14(2)27-35(30,34-17-8-6-5-7-9-17)33-12-15-10-16(11-15)28-13-24-18-19(28)25-22(23)26-20(18)31-3/h5-9,13-16H,4,10-12H2,1-3H3,(H,27,30)(H2,23,25,26)/t14-,15-,16+,35?/m0/s1. The summed E-state index contributed by atoms with van der Waals surface area (Å²) in [5.74, 6) is 0.371. The molecule has 13 heteroatoms. The zero-order chi connectivity index (χ0) is 25.0. The van der Waals surface area contributed by atoms with Gasteiger partial charge in [-0.1, -0.05) is 18.2 Å². The van der Waals surface area contributed by atoms with Crippen molar-refractivity contribution >= 4 is 30.8 Å². The Morgan fingerprint density at radius 2 is 2.03 bits per heavy atom. The SMILES string of the molecule is CCOC(=O)[C@H](C)NP(=O)(OC[C@H]1C[C@@H](n2cnc3c(OC)nc(N)nc32)C1)Oc1ccccc1. The van der Waals surface area contributed by atoms with Crippen molar-refractivity contribution < 1.29 is 27.9 Å². The van der Waals surface area contributed by atoms with Gasteiger partial charge in [-0.3, -0.25) is 9.32 Å². The van der Waals surface area contributed by atoms with Gasteiger partial charge in [0.1, 0.15) is 11.8 Å². The van der Waals surface area contributed by atoms with Gasteiger partial charge in [0.2, 0.25) is 11.8 Å². The predicted octanol–water partition coefficient (Wildman–Crippen LogP) is 3.11. The molecule has 1 aromatic carbocycles. The number of rotatable bonds is 11. The zero-order valence-electron chi connectivity index (χ0n) is 19.8. The third kappa shape index (κ3) is 5.72. The van der Waals surface area contributed by atoms with Crippen molar-refractivity contribution in [2.75, 3.05) is 26.1 Å². The second kappa shape index (κ2) is 10.6. The van der Waals surface area contributed by atoms with Gasteiger partial charge in [-0.15, -0.1) is 0 Å². The first kappa shape index (κ1) is 24.9. The molecule has 12 nitrogen and oxygen atoms in total. The minimum atomic E-state index is -3.87. The summed E-state index contributed by atoms with van der Waals surface area (Å²) in [5.41, 5.74) is 6.95. The van der Waals surface area contributed by atoms with Crippen LogP contribution in [0, 0.1) is 5.92 Å². The van der Waals surface area contributed by atoms with Gasteiger partial charge in [0, 0.05) is 6.04 Å². The molecule has 1 unspecified atom stereocenters. The zero-order valence-corrected chi connectivity index (χ0v) is 20.7. The highest BCUT2D eigenvalue weighted by molar-refractivity contribution is 7.52. The van der Waals surface area contributed by atoms with Crippen LogP contribution in [0.1, 0.15) is 32.7 Å². The summed E-state index contributed by atoms with van der Waals surface area (Å²) in [7, 11) is -2.36. The molecule has 0 radical (unpaired) electrons. The Bertz CT molecular complexity index is 1220. The number of methoxy groups -OCH3 is 1. The van der Waals surface area contributed by atoms with Gasteiger partial charge in [0.15, 0.2) is 11.2 Å². The Labute approximate surface area is 202 Å². The molecule has 0 spiro atoms. The maximum absolute atomic E-state index is 13.5. The maximum atomic E-state index is 13.5. The number of carbonyl (C=O) groups excluding carboxylic acids is 1. The number of nitrogens with two attached hydrogens (primary N) is 1. The number of nitrogen functional groups attached to an aromatic ring is 1. The molecule has 2 heterocycles. The molecule has 0 bridgehead atoms. The van der Waals surface area contributed by atoms with Crippen LogP contribution in [-0.2, 0) is 18.6 Å². The molecule has 4 rings (SSSR count). The number of benzene rings is 1. The van der Waals surface area contributed by atoms with Crippen LogP contribution in [0.5, 0.6) is 11.6 Å². The highest BCUT2D eigenvalue weighted by Gasteiger charge is 2.37. The number of hydrogen-bond acceptors (Lipinski definition) is 10. The number of carbonyl (C=O) groups is 1. The Balaban J connectivity index is 1.41. The van der Waals surface area contributed by atoms with Gasteiger partial charge >= 0.3 is 13.7 Å². The molecule has 1 aliphatic carbocycles. The molecular formula is C22H29N6O6P. The van der Waals surface area contributed by atoms with Crippen LogP contribution in [0.3, 0.4) is 0 Å². The number of aromatic nitrogens is 4. The molecule has 0 saturated heterocycles. The van der Waals surface area contributed by atoms with E-state index in [1.165, 1.54) is 7.11 Å². The first-order chi connectivity index (χ1) is 16.8. The van der Waals surface area contributed by atoms with Gasteiger partial charge in [-0.05, 0) is 44.7 Å². The highest BCUT2D eigenvalue weighted by Crippen LogP contribution is 2.48. The minimum Gasteiger partial charge on any atom is -0.479 e. The fourth-order valence-electron chi connectivity index (χ4n) is 3.85. The van der Waals surface area contributed by atoms with Crippen LogP contribution >= 0.6 is 7.75 Å². The maximum Gasteiger partial charge on any atom is 0.459 e. The largest absolute Gasteiger partial charge is 0.479 e. The molecule has 1 aliphatic rings. The number of nitrogens with zero attached hydrogens (tertiary/aromatic N) is 4. The summed E-state index contributed by atoms with van der Waals surface area (Å²) in [6, 6.07) is 7.90. The Morgan fingerprint density at radius 1 is 1.29 bits per heavy atom. The third-order valence-corrected chi connectivity index (χ3v) is 7.29. The van der Waals surface area contributed by atoms with Gasteiger partial charge in [0.05, 0.1) is 26.7 Å². The van der Waals surface area contributed by atoms with E-state index in [9.17, 15) is 9.36 Å². The lowest BCUT2D eigenvalue weighted by molar-refractivity contribution is -0.144. The fraction of sp³-hybridized carbons (Fsp3) is 0.455. The van der Waals surface area contributed by atoms with Crippen molar-refractivity contribution in [3.63, 3.8) is 0 Å². The fourth-order valence-corrected chi connectivity index (χ4v) is 5.42. The van der Waals surface area contributed by atoms with E-state index in [-0.39, 0.29) is 31.1 Å². The average molecular weight is 504 g/mol. The van der Waals surface area contributed by atoms with Crippen molar-refractivity contribution in [3.8, 4) is 11.6 Å². The number of hydrogen-bond donors (Lipinski definition) is 2. The van der Waals surface area contributed by atoms with Crippen molar-refractivity contribution in [3.05, 3.63) is 36.7 Å². The molecule has 2 atom stereocenters. The van der Waals surface area contributed by atoms with Gasteiger partial charge in [-0.2, -0.15) is 15.1 Å². The van der Waals surface area contributed by atoms with Crippen molar-refractivity contribution in [2.24, 2.45) is 5.92 Å². The Kier molecular flexibility index (Phi) is 7.54. The van der Waals surface area contributed by atoms with E-state index in [1.807, 2.05) is 10.6 Å². The first-order valence-corrected chi connectivity index (χ1v) is 12.8. The number of esters is 1. The van der Waals surface area contributed by atoms with Crippen molar-refractivity contribution in [1.29, 1.82) is 0 Å². The van der Waals surface area contributed by atoms with Gasteiger partial charge in [-0.25, -0.2) is 9.55 Å².